The summed E-state index contributed by atoms with van der Waals surface area (Å²) in [6.07, 6.45) is 6.38. The zero-order valence-electron chi connectivity index (χ0n) is 13.1. The van der Waals surface area contributed by atoms with Crippen molar-refractivity contribution < 1.29 is 5.11 Å². The first kappa shape index (κ1) is 14.7. The van der Waals surface area contributed by atoms with E-state index in [1.54, 1.807) is 0 Å². The van der Waals surface area contributed by atoms with Crippen molar-refractivity contribution in [2.75, 3.05) is 32.1 Å². The van der Waals surface area contributed by atoms with Crippen molar-refractivity contribution in [2.24, 2.45) is 0 Å². The molecule has 1 aliphatic carbocycles. The molecule has 0 amide bonds. The fraction of sp³-hybridized carbons (Fsp3) is 0.750. The van der Waals surface area contributed by atoms with Gasteiger partial charge in [0, 0.05) is 20.6 Å². The third-order valence-corrected chi connectivity index (χ3v) is 4.98. The zero-order valence-corrected chi connectivity index (χ0v) is 13.1. The maximum Gasteiger partial charge on any atom is 0.150 e. The molecule has 1 aromatic heterocycles. The first-order chi connectivity index (χ1) is 10.1. The van der Waals surface area contributed by atoms with Gasteiger partial charge in [-0.15, -0.1) is 5.10 Å². The minimum absolute atomic E-state index is 0.373. The van der Waals surface area contributed by atoms with Gasteiger partial charge < -0.3 is 10.0 Å². The summed E-state index contributed by atoms with van der Waals surface area (Å²) in [5, 5.41) is 19.0. The maximum atomic E-state index is 10.3. The molecule has 0 spiro atoms. The highest BCUT2D eigenvalue weighted by molar-refractivity contribution is 5.35. The second-order valence-corrected chi connectivity index (χ2v) is 6.73. The van der Waals surface area contributed by atoms with E-state index in [0.29, 0.717) is 6.04 Å². The van der Waals surface area contributed by atoms with Crippen molar-refractivity contribution in [1.29, 1.82) is 0 Å². The fourth-order valence-electron chi connectivity index (χ4n) is 3.37. The maximum absolute atomic E-state index is 10.3. The van der Waals surface area contributed by atoms with Gasteiger partial charge in [0.25, 0.3) is 0 Å². The molecule has 5 heteroatoms. The molecule has 0 bridgehead atoms. The standard InChI is InChI=1S/C16H26N4O/c1-19(2)15-7-6-13(17-18-15)14-5-3-11-20(14)12-10-16(21)8-4-9-16/h6-7,14,21H,3-5,8-12H2,1-2H3. The molecule has 1 aliphatic heterocycles. The van der Waals surface area contributed by atoms with Crippen LogP contribution in [0.3, 0.4) is 0 Å². The number of hydrogen-bond acceptors (Lipinski definition) is 5. The van der Waals surface area contributed by atoms with E-state index in [1.807, 2.05) is 25.1 Å². The first-order valence-corrected chi connectivity index (χ1v) is 8.05. The number of likely N-dealkylation sites (tertiary alicyclic amines) is 1. The summed E-state index contributed by atoms with van der Waals surface area (Å²) in [6, 6.07) is 4.51. The molecular weight excluding hydrogens is 264 g/mol. The zero-order chi connectivity index (χ0) is 14.9. The van der Waals surface area contributed by atoms with Gasteiger partial charge in [0.1, 0.15) is 0 Å². The average molecular weight is 290 g/mol. The second-order valence-electron chi connectivity index (χ2n) is 6.73. The highest BCUT2D eigenvalue weighted by Gasteiger charge is 2.36. The molecule has 1 aromatic rings. The Labute approximate surface area is 127 Å². The normalized spacial score (nSPS) is 24.8. The van der Waals surface area contributed by atoms with E-state index >= 15 is 0 Å². The Bertz CT molecular complexity index is 470. The van der Waals surface area contributed by atoms with Gasteiger partial charge in [-0.1, -0.05) is 0 Å². The van der Waals surface area contributed by atoms with E-state index in [2.05, 4.69) is 21.2 Å². The van der Waals surface area contributed by atoms with Crippen LogP contribution in [-0.2, 0) is 0 Å². The lowest BCUT2D eigenvalue weighted by Gasteiger charge is -2.38. The van der Waals surface area contributed by atoms with E-state index in [0.717, 1.165) is 50.3 Å². The molecule has 2 fully saturated rings. The highest BCUT2D eigenvalue weighted by Crippen LogP contribution is 2.37. The van der Waals surface area contributed by atoms with E-state index in [1.165, 1.54) is 12.8 Å². The van der Waals surface area contributed by atoms with Crippen LogP contribution in [0.1, 0.15) is 50.3 Å². The molecule has 116 valence electrons. The van der Waals surface area contributed by atoms with Crippen molar-refractivity contribution in [3.05, 3.63) is 17.8 Å². The van der Waals surface area contributed by atoms with Crippen LogP contribution >= 0.6 is 0 Å². The Morgan fingerprint density at radius 1 is 1.29 bits per heavy atom. The lowest BCUT2D eigenvalue weighted by Crippen LogP contribution is -2.40. The van der Waals surface area contributed by atoms with Gasteiger partial charge in [0.2, 0.25) is 0 Å². The molecule has 3 rings (SSSR count). The number of aliphatic hydroxyl groups is 1. The monoisotopic (exact) mass is 290 g/mol. The first-order valence-electron chi connectivity index (χ1n) is 8.05. The number of rotatable bonds is 5. The van der Waals surface area contributed by atoms with Crippen molar-refractivity contribution >= 4 is 5.82 Å². The largest absolute Gasteiger partial charge is 0.390 e. The number of anilines is 1. The van der Waals surface area contributed by atoms with E-state index in [4.69, 9.17) is 0 Å². The van der Waals surface area contributed by atoms with Crippen molar-refractivity contribution in [3.8, 4) is 0 Å². The molecule has 21 heavy (non-hydrogen) atoms. The minimum Gasteiger partial charge on any atom is -0.390 e. The molecule has 1 saturated heterocycles. The minimum atomic E-state index is -0.381. The number of aromatic nitrogens is 2. The number of hydrogen-bond donors (Lipinski definition) is 1. The molecule has 2 heterocycles. The van der Waals surface area contributed by atoms with Crippen molar-refractivity contribution in [1.82, 2.24) is 15.1 Å². The van der Waals surface area contributed by atoms with Gasteiger partial charge in [0.05, 0.1) is 17.3 Å². The molecule has 2 aliphatic rings. The lowest BCUT2D eigenvalue weighted by molar-refractivity contribution is -0.0471. The average Bonchev–Trinajstić information content (AvgIpc) is 2.91. The topological polar surface area (TPSA) is 52.5 Å². The van der Waals surface area contributed by atoms with Crippen LogP contribution < -0.4 is 4.90 Å². The Kier molecular flexibility index (Phi) is 4.13. The highest BCUT2D eigenvalue weighted by atomic mass is 16.3. The molecule has 1 saturated carbocycles. The van der Waals surface area contributed by atoms with Gasteiger partial charge in [-0.2, -0.15) is 5.10 Å². The summed E-state index contributed by atoms with van der Waals surface area (Å²) >= 11 is 0. The van der Waals surface area contributed by atoms with E-state index in [9.17, 15) is 5.11 Å². The predicted octanol–water partition coefficient (Wildman–Crippen LogP) is 1.98. The van der Waals surface area contributed by atoms with E-state index in [-0.39, 0.29) is 5.60 Å². The van der Waals surface area contributed by atoms with Crippen molar-refractivity contribution in [3.63, 3.8) is 0 Å². The predicted molar refractivity (Wildman–Crippen MR) is 83.3 cm³/mol. The number of nitrogens with zero attached hydrogens (tertiary/aromatic N) is 4. The van der Waals surface area contributed by atoms with E-state index < -0.39 is 0 Å². The fourth-order valence-corrected chi connectivity index (χ4v) is 3.37. The summed E-state index contributed by atoms with van der Waals surface area (Å²) in [7, 11) is 3.95. The molecule has 0 aromatic carbocycles. The van der Waals surface area contributed by atoms with Crippen LogP contribution in [0.5, 0.6) is 0 Å². The smallest absolute Gasteiger partial charge is 0.150 e. The van der Waals surface area contributed by atoms with Crippen LogP contribution in [0.4, 0.5) is 5.82 Å². The van der Waals surface area contributed by atoms with Gasteiger partial charge in [0.15, 0.2) is 5.82 Å². The molecule has 1 unspecified atom stereocenters. The molecule has 1 atom stereocenters. The summed E-state index contributed by atoms with van der Waals surface area (Å²) in [4.78, 5) is 4.44. The summed E-state index contributed by atoms with van der Waals surface area (Å²) < 4.78 is 0. The second kappa shape index (κ2) is 5.89. The Hall–Kier alpha value is -1.20. The van der Waals surface area contributed by atoms with Gasteiger partial charge in [-0.05, 0) is 57.2 Å². The quantitative estimate of drug-likeness (QED) is 0.898. The van der Waals surface area contributed by atoms with Crippen LogP contribution in [0.25, 0.3) is 0 Å². The summed E-state index contributed by atoms with van der Waals surface area (Å²) in [5.41, 5.74) is 0.687. The van der Waals surface area contributed by atoms with Gasteiger partial charge in [-0.3, -0.25) is 4.90 Å². The SMILES string of the molecule is CN(C)c1ccc(C2CCCN2CCC2(O)CCC2)nn1. The van der Waals surface area contributed by atoms with Crippen LogP contribution in [-0.4, -0.2) is 53.0 Å². The van der Waals surface area contributed by atoms with Crippen molar-refractivity contribution in [2.45, 2.75) is 50.2 Å². The van der Waals surface area contributed by atoms with Crippen LogP contribution in [0.2, 0.25) is 0 Å². The third kappa shape index (κ3) is 3.19. The molecule has 0 radical (unpaired) electrons. The Balaban J connectivity index is 1.62. The van der Waals surface area contributed by atoms with Crippen LogP contribution in [0, 0.1) is 0 Å². The van der Waals surface area contributed by atoms with Gasteiger partial charge in [-0.25, -0.2) is 0 Å². The van der Waals surface area contributed by atoms with Gasteiger partial charge >= 0.3 is 0 Å². The van der Waals surface area contributed by atoms with Crippen LogP contribution in [0.15, 0.2) is 12.1 Å². The Morgan fingerprint density at radius 3 is 2.67 bits per heavy atom. The molecule has 5 nitrogen and oxygen atoms in total. The third-order valence-electron chi connectivity index (χ3n) is 4.98. The summed E-state index contributed by atoms with van der Waals surface area (Å²) in [6.45, 7) is 2.08. The lowest BCUT2D eigenvalue weighted by atomic mass is 9.78. The summed E-state index contributed by atoms with van der Waals surface area (Å²) in [5.74, 6) is 0.895. The molecular formula is C16H26N4O. The molecule has 1 N–H and O–H groups in total. The Morgan fingerprint density at radius 2 is 2.10 bits per heavy atom.